The summed E-state index contributed by atoms with van der Waals surface area (Å²) < 4.78 is 0. The third-order valence-electron chi connectivity index (χ3n) is 8.59. The van der Waals surface area contributed by atoms with Crippen molar-refractivity contribution in [3.63, 3.8) is 0 Å². The number of fused-ring (bicyclic) bond motifs is 3. The molecule has 2 aromatic rings. The number of amides is 3. The molecule has 12 heteroatoms. The summed E-state index contributed by atoms with van der Waals surface area (Å²) in [5.41, 5.74) is 16.0. The van der Waals surface area contributed by atoms with Crippen molar-refractivity contribution in [2.75, 3.05) is 13.1 Å². The molecule has 12 nitrogen and oxygen atoms in total. The van der Waals surface area contributed by atoms with Crippen LogP contribution < -0.4 is 22.1 Å². The van der Waals surface area contributed by atoms with Gasteiger partial charge in [0.2, 0.25) is 11.8 Å². The van der Waals surface area contributed by atoms with Gasteiger partial charge in [0.1, 0.15) is 12.1 Å². The molecule has 1 spiro atoms. The number of nitrogens with one attached hydrogen (secondary N) is 2. The van der Waals surface area contributed by atoms with Crippen LogP contribution in [0.5, 0.6) is 0 Å². The van der Waals surface area contributed by atoms with Gasteiger partial charge >= 0.3 is 0 Å². The molecule has 200 valence electrons. The quantitative estimate of drug-likeness (QED) is 0.264. The smallest absolute Gasteiger partial charge is 0.251 e. The molecule has 4 heterocycles. The molecular formula is C27H28N8O4. The summed E-state index contributed by atoms with van der Waals surface area (Å²) in [7, 11) is 0. The van der Waals surface area contributed by atoms with Crippen molar-refractivity contribution >= 4 is 29.6 Å². The van der Waals surface area contributed by atoms with Crippen molar-refractivity contribution in [2.45, 2.75) is 49.2 Å². The Morgan fingerprint density at radius 1 is 1.08 bits per heavy atom. The van der Waals surface area contributed by atoms with Gasteiger partial charge in [-0.3, -0.25) is 19.3 Å². The van der Waals surface area contributed by atoms with Crippen LogP contribution in [0.1, 0.15) is 34.3 Å². The van der Waals surface area contributed by atoms with E-state index in [2.05, 4.69) is 32.8 Å². The molecule has 7 rings (SSSR count). The first-order valence-electron chi connectivity index (χ1n) is 13.0. The maximum atomic E-state index is 13.6. The zero-order valence-corrected chi connectivity index (χ0v) is 21.0. The topological polar surface area (TPSA) is 179 Å². The monoisotopic (exact) mass is 528 g/mol. The summed E-state index contributed by atoms with van der Waals surface area (Å²) >= 11 is 0. The van der Waals surface area contributed by atoms with Gasteiger partial charge < -0.3 is 32.1 Å². The van der Waals surface area contributed by atoms with Gasteiger partial charge in [-0.15, -0.1) is 0 Å². The number of likely N-dealkylation sites (tertiary alicyclic amines) is 1. The number of imide groups is 1. The molecule has 39 heavy (non-hydrogen) atoms. The van der Waals surface area contributed by atoms with E-state index in [1.807, 2.05) is 24.3 Å². The number of aliphatic hydroxyl groups is 1. The number of carbonyl (C=O) groups excluding carboxylic acids is 3. The first-order valence-corrected chi connectivity index (χ1v) is 13.0. The second kappa shape index (κ2) is 8.27. The van der Waals surface area contributed by atoms with E-state index in [1.54, 1.807) is 11.0 Å². The number of aliphatic imine (C=N–C) groups is 2. The first kappa shape index (κ1) is 23.7. The van der Waals surface area contributed by atoms with Gasteiger partial charge in [-0.05, 0) is 34.7 Å². The number of nitrogens with two attached hydrogens (primary N) is 2. The Morgan fingerprint density at radius 2 is 1.82 bits per heavy atom. The molecule has 0 radical (unpaired) electrons. The molecule has 4 aliphatic heterocycles. The van der Waals surface area contributed by atoms with E-state index in [9.17, 15) is 19.5 Å². The largest absolute Gasteiger partial charge is 0.386 e. The Balaban J connectivity index is 1.17. The van der Waals surface area contributed by atoms with Crippen LogP contribution in [0, 0.1) is 0 Å². The summed E-state index contributed by atoms with van der Waals surface area (Å²) in [6.07, 6.45) is -0.212. The van der Waals surface area contributed by atoms with Gasteiger partial charge in [-0.25, -0.2) is 9.98 Å². The second-order valence-electron chi connectivity index (χ2n) is 10.7. The van der Waals surface area contributed by atoms with Gasteiger partial charge in [0.15, 0.2) is 17.6 Å². The van der Waals surface area contributed by atoms with E-state index in [4.69, 9.17) is 11.5 Å². The third kappa shape index (κ3) is 3.30. The van der Waals surface area contributed by atoms with Crippen LogP contribution in [0.25, 0.3) is 11.1 Å². The van der Waals surface area contributed by atoms with Gasteiger partial charge in [0, 0.05) is 24.9 Å². The SMILES string of the molecule is NC1=NC2C(CN3C(=O)CCC3=O)N=C(N)N3C[C@H](NC(=O)c4cccc5c4Cc4ccccc4-5)C(O)C23N1. The zero-order valence-electron chi connectivity index (χ0n) is 21.0. The van der Waals surface area contributed by atoms with Gasteiger partial charge in [-0.1, -0.05) is 36.4 Å². The minimum atomic E-state index is -1.28. The second-order valence-corrected chi connectivity index (χ2v) is 10.7. The first-order chi connectivity index (χ1) is 18.8. The summed E-state index contributed by atoms with van der Waals surface area (Å²) in [6, 6.07) is 11.6. The fourth-order valence-electron chi connectivity index (χ4n) is 6.82. The molecule has 3 amide bonds. The highest BCUT2D eigenvalue weighted by atomic mass is 16.3. The number of hydrogen-bond acceptors (Lipinski definition) is 10. The highest BCUT2D eigenvalue weighted by Crippen LogP contribution is 2.41. The highest BCUT2D eigenvalue weighted by molar-refractivity contribution is 6.02. The van der Waals surface area contributed by atoms with Crippen molar-refractivity contribution in [3.8, 4) is 11.1 Å². The normalized spacial score (nSPS) is 30.3. The number of guanidine groups is 2. The van der Waals surface area contributed by atoms with Crippen molar-refractivity contribution in [3.05, 3.63) is 59.2 Å². The van der Waals surface area contributed by atoms with Crippen molar-refractivity contribution in [1.29, 1.82) is 0 Å². The Kier molecular flexibility index (Phi) is 5.02. The maximum Gasteiger partial charge on any atom is 0.251 e. The highest BCUT2D eigenvalue weighted by Gasteiger charge is 2.65. The number of benzene rings is 2. The maximum absolute atomic E-state index is 13.6. The molecule has 7 N–H and O–H groups in total. The predicted molar refractivity (Wildman–Crippen MR) is 141 cm³/mol. The predicted octanol–water partition coefficient (Wildman–Crippen LogP) is -1.14. The van der Waals surface area contributed by atoms with E-state index in [1.165, 1.54) is 10.5 Å². The van der Waals surface area contributed by atoms with Crippen molar-refractivity contribution < 1.29 is 19.5 Å². The molecule has 5 atom stereocenters. The average Bonchev–Trinajstić information content (AvgIpc) is 3.64. The molecule has 2 fully saturated rings. The lowest BCUT2D eigenvalue weighted by atomic mass is 9.87. The third-order valence-corrected chi connectivity index (χ3v) is 8.59. The summed E-state index contributed by atoms with van der Waals surface area (Å²) in [4.78, 5) is 50.1. The van der Waals surface area contributed by atoms with Crippen molar-refractivity contribution in [2.24, 2.45) is 21.5 Å². The zero-order chi connectivity index (χ0) is 27.1. The molecule has 1 aliphatic carbocycles. The molecule has 4 unspecified atom stereocenters. The minimum Gasteiger partial charge on any atom is -0.386 e. The lowest BCUT2D eigenvalue weighted by Crippen LogP contribution is -2.73. The van der Waals surface area contributed by atoms with Crippen LogP contribution in [-0.2, 0) is 16.0 Å². The van der Waals surface area contributed by atoms with Crippen molar-refractivity contribution in [1.82, 2.24) is 20.4 Å². The molecule has 0 aromatic heterocycles. The molecular weight excluding hydrogens is 500 g/mol. The van der Waals surface area contributed by atoms with E-state index < -0.39 is 29.9 Å². The molecule has 2 aromatic carbocycles. The summed E-state index contributed by atoms with van der Waals surface area (Å²) in [6.45, 7) is 0.148. The summed E-state index contributed by atoms with van der Waals surface area (Å²) in [5.74, 6) is -0.655. The Morgan fingerprint density at radius 3 is 2.62 bits per heavy atom. The minimum absolute atomic E-state index is 0.0163. The van der Waals surface area contributed by atoms with Crippen LogP contribution in [0.15, 0.2) is 52.4 Å². The molecule has 5 aliphatic rings. The lowest BCUT2D eigenvalue weighted by Gasteiger charge is -2.46. The van der Waals surface area contributed by atoms with E-state index in [0.29, 0.717) is 12.0 Å². The van der Waals surface area contributed by atoms with Gasteiger partial charge in [0.05, 0.1) is 18.6 Å². The number of nitrogens with zero attached hydrogens (tertiary/aromatic N) is 4. The molecule has 0 bridgehead atoms. The number of rotatable bonds is 4. The fourth-order valence-corrected chi connectivity index (χ4v) is 6.82. The number of carbonyl (C=O) groups is 3. The fraction of sp³-hybridized carbons (Fsp3) is 0.370. The molecule has 2 saturated heterocycles. The Hall–Kier alpha value is -4.45. The Labute approximate surface area is 223 Å². The average molecular weight is 529 g/mol. The number of hydrogen-bond donors (Lipinski definition) is 5. The van der Waals surface area contributed by atoms with E-state index in [0.717, 1.165) is 16.7 Å². The van der Waals surface area contributed by atoms with Crippen LogP contribution in [-0.4, -0.2) is 87.5 Å². The standard InChI is InChI=1S/C27H28N8O4/c28-25-32-22-18(11-34-20(36)8-9-21(34)37)31-26(29)35-12-19(23(38)27(22,35)33-25)30-24(39)16-7-3-6-15-14-5-2-1-4-13(14)10-17(15)16/h1-7,18-19,22-23,38H,8-12H2,(H2,29,31)(H,30,39)(H3,28,32,33)/t18?,19-,22?,23?,27?/m0/s1. The van der Waals surface area contributed by atoms with Crippen LogP contribution in [0.3, 0.4) is 0 Å². The van der Waals surface area contributed by atoms with Crippen LogP contribution in [0.4, 0.5) is 0 Å². The number of aliphatic hydroxyl groups excluding tert-OH is 1. The Bertz CT molecular complexity index is 1490. The van der Waals surface area contributed by atoms with E-state index >= 15 is 0 Å². The van der Waals surface area contributed by atoms with Crippen LogP contribution >= 0.6 is 0 Å². The van der Waals surface area contributed by atoms with Gasteiger partial charge in [0.25, 0.3) is 5.91 Å². The molecule has 0 saturated carbocycles. The lowest BCUT2D eigenvalue weighted by molar-refractivity contribution is -0.138. The summed E-state index contributed by atoms with van der Waals surface area (Å²) in [5, 5.41) is 17.8. The van der Waals surface area contributed by atoms with Gasteiger partial charge in [-0.2, -0.15) is 0 Å². The van der Waals surface area contributed by atoms with Crippen LogP contribution in [0.2, 0.25) is 0 Å². The van der Waals surface area contributed by atoms with E-state index in [-0.39, 0.29) is 55.6 Å².